The van der Waals surface area contributed by atoms with Crippen molar-refractivity contribution in [3.63, 3.8) is 0 Å². The van der Waals surface area contributed by atoms with Crippen LogP contribution in [-0.2, 0) is 4.79 Å². The Labute approximate surface area is 144 Å². The molecule has 1 aromatic heterocycles. The zero-order valence-corrected chi connectivity index (χ0v) is 14.1. The molecule has 0 saturated carbocycles. The number of carbonyl (C=O) groups excluding carboxylic acids is 1. The zero-order chi connectivity index (χ0) is 17.1. The number of nitrogens with one attached hydrogen (secondary N) is 1. The molecule has 1 atom stereocenters. The van der Waals surface area contributed by atoms with Gasteiger partial charge in [-0.1, -0.05) is 11.6 Å². The molecular formula is C16H19ClFN5O. The molecule has 2 aromatic rings. The smallest absolute Gasteiger partial charge is 0.241 e. The second-order valence-corrected chi connectivity index (χ2v) is 6.34. The molecule has 2 heterocycles. The first-order valence-corrected chi connectivity index (χ1v) is 8.26. The largest absolute Gasteiger partial charge is 0.325 e. The number of hydrogen-bond donors (Lipinski definition) is 1. The maximum absolute atomic E-state index is 13.2. The van der Waals surface area contributed by atoms with Crippen LogP contribution >= 0.6 is 11.6 Å². The van der Waals surface area contributed by atoms with E-state index in [1.54, 1.807) is 6.33 Å². The summed E-state index contributed by atoms with van der Waals surface area (Å²) in [4.78, 5) is 18.5. The van der Waals surface area contributed by atoms with Crippen LogP contribution in [0.2, 0.25) is 5.02 Å². The molecule has 1 aliphatic rings. The van der Waals surface area contributed by atoms with Gasteiger partial charge in [0.15, 0.2) is 0 Å². The number of nitrogens with zero attached hydrogens (tertiary/aromatic N) is 4. The summed E-state index contributed by atoms with van der Waals surface area (Å²) in [6.07, 6.45) is 5.11. The molecule has 1 unspecified atom stereocenters. The van der Waals surface area contributed by atoms with E-state index in [4.69, 9.17) is 11.6 Å². The minimum absolute atomic E-state index is 0.00546. The average molecular weight is 352 g/mol. The summed E-state index contributed by atoms with van der Waals surface area (Å²) in [5.74, 6) is -0.630. The highest BCUT2D eigenvalue weighted by atomic mass is 35.5. The molecule has 8 heteroatoms. The van der Waals surface area contributed by atoms with Gasteiger partial charge in [0.25, 0.3) is 0 Å². The molecule has 1 saturated heterocycles. The van der Waals surface area contributed by atoms with Gasteiger partial charge in [0.05, 0.1) is 17.1 Å². The third-order valence-electron chi connectivity index (χ3n) is 4.42. The van der Waals surface area contributed by atoms with Crippen molar-refractivity contribution in [2.24, 2.45) is 0 Å². The molecule has 1 aliphatic heterocycles. The molecule has 1 aromatic carbocycles. The van der Waals surface area contributed by atoms with E-state index < -0.39 is 5.82 Å². The first-order chi connectivity index (χ1) is 11.5. The van der Waals surface area contributed by atoms with Crippen LogP contribution in [0.1, 0.15) is 25.8 Å². The van der Waals surface area contributed by atoms with Gasteiger partial charge in [0.2, 0.25) is 5.91 Å². The topological polar surface area (TPSA) is 63.1 Å². The van der Waals surface area contributed by atoms with Gasteiger partial charge < -0.3 is 5.32 Å². The van der Waals surface area contributed by atoms with E-state index >= 15 is 0 Å². The highest BCUT2D eigenvalue weighted by Gasteiger charge is 2.27. The summed E-state index contributed by atoms with van der Waals surface area (Å²) in [7, 11) is 0. The molecule has 0 radical (unpaired) electrons. The minimum atomic E-state index is -0.502. The zero-order valence-electron chi connectivity index (χ0n) is 13.3. The second-order valence-electron chi connectivity index (χ2n) is 5.94. The number of rotatable bonds is 4. The average Bonchev–Trinajstić information content (AvgIpc) is 3.12. The molecule has 0 aliphatic carbocycles. The van der Waals surface area contributed by atoms with Crippen LogP contribution in [0, 0.1) is 5.82 Å². The monoisotopic (exact) mass is 351 g/mol. The van der Waals surface area contributed by atoms with Crippen molar-refractivity contribution in [3.8, 4) is 0 Å². The third kappa shape index (κ3) is 3.73. The predicted octanol–water partition coefficient (Wildman–Crippen LogP) is 2.73. The van der Waals surface area contributed by atoms with Crippen molar-refractivity contribution >= 4 is 23.2 Å². The molecule has 1 N–H and O–H groups in total. The Morgan fingerprint density at radius 3 is 2.79 bits per heavy atom. The van der Waals surface area contributed by atoms with Gasteiger partial charge in [-0.05, 0) is 38.0 Å². The van der Waals surface area contributed by atoms with E-state index in [9.17, 15) is 9.18 Å². The summed E-state index contributed by atoms with van der Waals surface area (Å²) >= 11 is 5.74. The summed E-state index contributed by atoms with van der Waals surface area (Å²) in [5.41, 5.74) is 0.496. The molecule has 3 rings (SSSR count). The fraction of sp³-hybridized carbons (Fsp3) is 0.438. The highest BCUT2D eigenvalue weighted by molar-refractivity contribution is 6.31. The van der Waals surface area contributed by atoms with Gasteiger partial charge in [0.1, 0.15) is 18.5 Å². The third-order valence-corrected chi connectivity index (χ3v) is 4.71. The second kappa shape index (κ2) is 7.27. The van der Waals surface area contributed by atoms with Crippen molar-refractivity contribution in [1.29, 1.82) is 0 Å². The maximum Gasteiger partial charge on any atom is 0.241 e. The minimum Gasteiger partial charge on any atom is -0.325 e. The first-order valence-electron chi connectivity index (χ1n) is 7.88. The van der Waals surface area contributed by atoms with Crippen LogP contribution < -0.4 is 5.32 Å². The van der Waals surface area contributed by atoms with Crippen LogP contribution in [0.25, 0.3) is 0 Å². The van der Waals surface area contributed by atoms with E-state index in [0.717, 1.165) is 25.9 Å². The van der Waals surface area contributed by atoms with Crippen LogP contribution in [0.4, 0.5) is 10.1 Å². The number of benzene rings is 1. The van der Waals surface area contributed by atoms with Crippen LogP contribution in [-0.4, -0.2) is 44.7 Å². The van der Waals surface area contributed by atoms with Gasteiger partial charge in [-0.2, -0.15) is 5.10 Å². The number of hydrogen-bond acceptors (Lipinski definition) is 4. The predicted molar refractivity (Wildman–Crippen MR) is 89.4 cm³/mol. The quantitative estimate of drug-likeness (QED) is 0.920. The Morgan fingerprint density at radius 2 is 2.17 bits per heavy atom. The SMILES string of the molecule is CC(C(=O)Nc1ccc(F)c(Cl)c1)N1CCC(n2cncn2)CC1. The molecule has 0 spiro atoms. The lowest BCUT2D eigenvalue weighted by Crippen LogP contribution is -2.46. The Hall–Kier alpha value is -1.99. The summed E-state index contributed by atoms with van der Waals surface area (Å²) in [5, 5.41) is 6.96. The van der Waals surface area contributed by atoms with E-state index in [1.165, 1.54) is 24.5 Å². The number of amides is 1. The number of piperidine rings is 1. The molecule has 6 nitrogen and oxygen atoms in total. The molecule has 128 valence electrons. The van der Waals surface area contributed by atoms with Gasteiger partial charge in [-0.15, -0.1) is 0 Å². The maximum atomic E-state index is 13.2. The van der Waals surface area contributed by atoms with E-state index in [1.807, 2.05) is 11.6 Å². The van der Waals surface area contributed by atoms with Crippen molar-refractivity contribution in [3.05, 3.63) is 41.7 Å². The molecular weight excluding hydrogens is 333 g/mol. The molecule has 24 heavy (non-hydrogen) atoms. The van der Waals surface area contributed by atoms with E-state index in [0.29, 0.717) is 11.7 Å². The fourth-order valence-corrected chi connectivity index (χ4v) is 3.11. The number of carbonyl (C=O) groups is 1. The molecule has 1 amide bonds. The lowest BCUT2D eigenvalue weighted by molar-refractivity contribution is -0.121. The van der Waals surface area contributed by atoms with Gasteiger partial charge in [-0.25, -0.2) is 14.1 Å². The summed E-state index contributed by atoms with van der Waals surface area (Å²) < 4.78 is 15.1. The standard InChI is InChI=1S/C16H19ClFN5O/c1-11(16(24)21-12-2-3-15(18)14(17)8-12)22-6-4-13(5-7-22)23-10-19-9-20-23/h2-3,8-11,13H,4-7H2,1H3,(H,21,24). The van der Waals surface area contributed by atoms with Crippen molar-refractivity contribution in [2.45, 2.75) is 31.8 Å². The molecule has 0 bridgehead atoms. The van der Waals surface area contributed by atoms with Gasteiger partial charge in [-0.3, -0.25) is 9.69 Å². The Kier molecular flexibility index (Phi) is 5.11. The van der Waals surface area contributed by atoms with E-state index in [-0.39, 0.29) is 17.0 Å². The highest BCUT2D eigenvalue weighted by Crippen LogP contribution is 2.23. The Balaban J connectivity index is 1.55. The number of aromatic nitrogens is 3. The number of halogens is 2. The Morgan fingerprint density at radius 1 is 1.42 bits per heavy atom. The summed E-state index contributed by atoms with van der Waals surface area (Å²) in [6.45, 7) is 3.49. The Bertz CT molecular complexity index is 700. The van der Waals surface area contributed by atoms with Crippen molar-refractivity contribution < 1.29 is 9.18 Å². The lowest BCUT2D eigenvalue weighted by atomic mass is 10.0. The van der Waals surface area contributed by atoms with Crippen molar-refractivity contribution in [2.75, 3.05) is 18.4 Å². The van der Waals surface area contributed by atoms with Gasteiger partial charge in [0, 0.05) is 18.8 Å². The lowest BCUT2D eigenvalue weighted by Gasteiger charge is -2.35. The van der Waals surface area contributed by atoms with Gasteiger partial charge >= 0.3 is 0 Å². The molecule has 1 fully saturated rings. The summed E-state index contributed by atoms with van der Waals surface area (Å²) in [6, 6.07) is 4.22. The first kappa shape index (κ1) is 16.9. The van der Waals surface area contributed by atoms with Crippen LogP contribution in [0.3, 0.4) is 0 Å². The normalized spacial score (nSPS) is 17.6. The van der Waals surface area contributed by atoms with Crippen molar-refractivity contribution in [1.82, 2.24) is 19.7 Å². The fourth-order valence-electron chi connectivity index (χ4n) is 2.93. The van der Waals surface area contributed by atoms with Crippen LogP contribution in [0.15, 0.2) is 30.9 Å². The van der Waals surface area contributed by atoms with E-state index in [2.05, 4.69) is 20.3 Å². The van der Waals surface area contributed by atoms with Crippen LogP contribution in [0.5, 0.6) is 0 Å². The number of likely N-dealkylation sites (tertiary alicyclic amines) is 1. The number of anilines is 1.